The molecule has 0 bridgehead atoms. The number of likely N-dealkylation sites (N-methyl/N-ethyl adjacent to an activating group) is 1. The molecule has 0 saturated heterocycles. The number of carbonyl (C=O) groups excluding carboxylic acids is 2. The fourth-order valence-electron chi connectivity index (χ4n) is 1.05. The summed E-state index contributed by atoms with van der Waals surface area (Å²) >= 11 is 0. The molecule has 0 aliphatic heterocycles. The maximum Gasteiger partial charge on any atom is 0.326 e. The number of urea groups is 1. The summed E-state index contributed by atoms with van der Waals surface area (Å²) in [6.45, 7) is 1.93. The zero-order chi connectivity index (χ0) is 15.0. The first-order valence-electron chi connectivity index (χ1n) is 5.50. The van der Waals surface area contributed by atoms with E-state index in [0.717, 1.165) is 0 Å². The van der Waals surface area contributed by atoms with Crippen molar-refractivity contribution in [3.63, 3.8) is 0 Å². The summed E-state index contributed by atoms with van der Waals surface area (Å²) < 4.78 is 0. The number of nitrogens with zero attached hydrogens (tertiary/aromatic N) is 1. The molecule has 0 fully saturated rings. The van der Waals surface area contributed by atoms with E-state index in [9.17, 15) is 19.2 Å². The largest absolute Gasteiger partial charge is 0.481 e. The van der Waals surface area contributed by atoms with Crippen molar-refractivity contribution in [2.75, 3.05) is 20.1 Å². The number of hydrogen-bond donors (Lipinski definition) is 4. The number of carboxylic acids is 2. The van der Waals surface area contributed by atoms with E-state index in [2.05, 4.69) is 5.32 Å². The average molecular weight is 275 g/mol. The molecule has 0 aromatic rings. The molecule has 1 unspecified atom stereocenters. The maximum atomic E-state index is 11.3. The molecule has 3 amide bonds. The number of hydrogen-bond acceptors (Lipinski definition) is 4. The van der Waals surface area contributed by atoms with E-state index in [1.807, 2.05) is 5.32 Å². The van der Waals surface area contributed by atoms with Crippen LogP contribution in [0.4, 0.5) is 4.79 Å². The van der Waals surface area contributed by atoms with Crippen LogP contribution in [-0.2, 0) is 14.4 Å². The fourth-order valence-corrected chi connectivity index (χ4v) is 1.05. The lowest BCUT2D eigenvalue weighted by atomic mass is 10.2. The molecule has 4 N–H and O–H groups in total. The molecular formula is C10H17N3O6. The minimum Gasteiger partial charge on any atom is -0.481 e. The number of nitrogens with one attached hydrogen (secondary N) is 2. The Morgan fingerprint density at radius 2 is 1.79 bits per heavy atom. The molecule has 9 nitrogen and oxygen atoms in total. The van der Waals surface area contributed by atoms with E-state index < -0.39 is 30.4 Å². The molecular weight excluding hydrogens is 258 g/mol. The van der Waals surface area contributed by atoms with Gasteiger partial charge in [-0.25, -0.2) is 9.59 Å². The van der Waals surface area contributed by atoms with Gasteiger partial charge in [0.15, 0.2) is 0 Å². The van der Waals surface area contributed by atoms with E-state index in [1.165, 1.54) is 4.90 Å². The van der Waals surface area contributed by atoms with Crippen molar-refractivity contribution in [1.82, 2.24) is 15.5 Å². The molecule has 0 aliphatic rings. The zero-order valence-electron chi connectivity index (χ0n) is 10.7. The Balaban J connectivity index is 4.24. The van der Waals surface area contributed by atoms with Crippen LogP contribution in [0, 0.1) is 0 Å². The fraction of sp³-hybridized carbons (Fsp3) is 0.600. The van der Waals surface area contributed by atoms with E-state index in [-0.39, 0.29) is 12.5 Å². The predicted octanol–water partition coefficient (Wildman–Crippen LogP) is -1.31. The maximum absolute atomic E-state index is 11.3. The van der Waals surface area contributed by atoms with Gasteiger partial charge in [-0.05, 0) is 6.92 Å². The lowest BCUT2D eigenvalue weighted by Crippen LogP contribution is -2.49. The summed E-state index contributed by atoms with van der Waals surface area (Å²) in [6.07, 6.45) is -0.744. The van der Waals surface area contributed by atoms with E-state index >= 15 is 0 Å². The Morgan fingerprint density at radius 1 is 1.21 bits per heavy atom. The Morgan fingerprint density at radius 3 is 2.21 bits per heavy atom. The van der Waals surface area contributed by atoms with Gasteiger partial charge in [0.05, 0.1) is 13.0 Å². The molecule has 0 rings (SSSR count). The van der Waals surface area contributed by atoms with Gasteiger partial charge in [0, 0.05) is 13.6 Å². The van der Waals surface area contributed by atoms with Crippen molar-refractivity contribution in [2.45, 2.75) is 19.4 Å². The van der Waals surface area contributed by atoms with Gasteiger partial charge in [-0.2, -0.15) is 0 Å². The first-order valence-corrected chi connectivity index (χ1v) is 5.50. The Hall–Kier alpha value is -2.32. The summed E-state index contributed by atoms with van der Waals surface area (Å²) in [5.41, 5.74) is 0. The highest BCUT2D eigenvalue weighted by atomic mass is 16.4. The first kappa shape index (κ1) is 16.7. The summed E-state index contributed by atoms with van der Waals surface area (Å²) in [5, 5.41) is 21.3. The van der Waals surface area contributed by atoms with Crippen molar-refractivity contribution in [2.24, 2.45) is 0 Å². The van der Waals surface area contributed by atoms with Crippen molar-refractivity contribution >= 4 is 23.9 Å². The number of amides is 3. The lowest BCUT2D eigenvalue weighted by Gasteiger charge is -2.16. The van der Waals surface area contributed by atoms with Crippen molar-refractivity contribution in [1.29, 1.82) is 0 Å². The molecule has 108 valence electrons. The van der Waals surface area contributed by atoms with Crippen LogP contribution in [0.2, 0.25) is 0 Å². The van der Waals surface area contributed by atoms with E-state index in [4.69, 9.17) is 10.2 Å². The van der Waals surface area contributed by atoms with Crippen LogP contribution >= 0.6 is 0 Å². The molecule has 9 heteroatoms. The number of carbonyl (C=O) groups is 4. The molecule has 0 aliphatic carbocycles. The third kappa shape index (κ3) is 6.86. The average Bonchev–Trinajstić information content (AvgIpc) is 2.33. The second-order valence-corrected chi connectivity index (χ2v) is 3.72. The summed E-state index contributed by atoms with van der Waals surface area (Å²) in [7, 11) is 1.55. The molecule has 19 heavy (non-hydrogen) atoms. The molecule has 0 aromatic heterocycles. The van der Waals surface area contributed by atoms with Gasteiger partial charge in [-0.1, -0.05) is 0 Å². The van der Waals surface area contributed by atoms with Crippen LogP contribution in [0.5, 0.6) is 0 Å². The summed E-state index contributed by atoms with van der Waals surface area (Å²) in [6, 6.07) is -2.46. The number of carboxylic acid groups (broad SMARTS) is 2. The second kappa shape index (κ2) is 7.90. The van der Waals surface area contributed by atoms with Crippen LogP contribution in [0.15, 0.2) is 0 Å². The Kier molecular flexibility index (Phi) is 6.94. The highest BCUT2D eigenvalue weighted by Gasteiger charge is 2.23. The van der Waals surface area contributed by atoms with Crippen LogP contribution in [0.3, 0.4) is 0 Å². The third-order valence-corrected chi connectivity index (χ3v) is 2.28. The smallest absolute Gasteiger partial charge is 0.326 e. The quantitative estimate of drug-likeness (QED) is 0.455. The molecule has 0 aromatic carbocycles. The predicted molar refractivity (Wildman–Crippen MR) is 63.5 cm³/mol. The number of rotatable bonds is 7. The van der Waals surface area contributed by atoms with Gasteiger partial charge in [0.2, 0.25) is 5.91 Å². The normalized spacial score (nSPS) is 11.3. The Labute approximate surface area is 109 Å². The van der Waals surface area contributed by atoms with Gasteiger partial charge >= 0.3 is 18.0 Å². The standard InChI is InChI=1S/C10H17N3O6/c1-3-13(2)7(14)5-11-10(19)12-6(9(17)18)4-8(15)16/h6H,3-5H2,1-2H3,(H,15,16)(H,17,18)(H2,11,12,19). The van der Waals surface area contributed by atoms with Crippen LogP contribution in [0.1, 0.15) is 13.3 Å². The molecule has 1 atom stereocenters. The highest BCUT2D eigenvalue weighted by Crippen LogP contribution is 1.92. The van der Waals surface area contributed by atoms with Gasteiger partial charge in [-0.3, -0.25) is 9.59 Å². The molecule has 0 spiro atoms. The van der Waals surface area contributed by atoms with Crippen molar-refractivity contribution in [3.8, 4) is 0 Å². The van der Waals surface area contributed by atoms with Crippen LogP contribution in [-0.4, -0.2) is 65.2 Å². The highest BCUT2D eigenvalue weighted by molar-refractivity contribution is 5.88. The first-order chi connectivity index (χ1) is 8.77. The molecule has 0 heterocycles. The van der Waals surface area contributed by atoms with Gasteiger partial charge in [0.25, 0.3) is 0 Å². The van der Waals surface area contributed by atoms with Crippen molar-refractivity contribution < 1.29 is 29.4 Å². The summed E-state index contributed by atoms with van der Waals surface area (Å²) in [5.74, 6) is -3.16. The van der Waals surface area contributed by atoms with Gasteiger partial charge in [0.1, 0.15) is 6.04 Å². The van der Waals surface area contributed by atoms with Gasteiger partial charge in [-0.15, -0.1) is 0 Å². The summed E-state index contributed by atoms with van der Waals surface area (Å²) in [4.78, 5) is 45.1. The van der Waals surface area contributed by atoms with Crippen LogP contribution < -0.4 is 10.6 Å². The monoisotopic (exact) mass is 275 g/mol. The number of aliphatic carboxylic acids is 2. The lowest BCUT2D eigenvalue weighted by molar-refractivity contribution is -0.145. The van der Waals surface area contributed by atoms with E-state index in [1.54, 1.807) is 14.0 Å². The van der Waals surface area contributed by atoms with Gasteiger partial charge < -0.3 is 25.7 Å². The SMILES string of the molecule is CCN(C)C(=O)CNC(=O)NC(CC(=O)O)C(=O)O. The molecule has 0 saturated carbocycles. The molecule has 0 radical (unpaired) electrons. The second-order valence-electron chi connectivity index (χ2n) is 3.72. The van der Waals surface area contributed by atoms with Crippen molar-refractivity contribution in [3.05, 3.63) is 0 Å². The topological polar surface area (TPSA) is 136 Å². The Bertz CT molecular complexity index is 370. The minimum atomic E-state index is -1.54. The zero-order valence-corrected chi connectivity index (χ0v) is 10.7. The third-order valence-electron chi connectivity index (χ3n) is 2.28. The van der Waals surface area contributed by atoms with E-state index in [0.29, 0.717) is 6.54 Å². The van der Waals surface area contributed by atoms with Crippen LogP contribution in [0.25, 0.3) is 0 Å². The minimum absolute atomic E-state index is 0.296.